The Hall–Kier alpha value is -5.61. The van der Waals surface area contributed by atoms with Crippen molar-refractivity contribution < 1.29 is 42.9 Å². The number of ether oxygens (including phenoxy) is 4. The smallest absolute Gasteiger partial charge is 0.306 e. The van der Waals surface area contributed by atoms with Gasteiger partial charge >= 0.3 is 11.9 Å². The minimum absolute atomic E-state index is 0.138. The number of hydrogen-bond donors (Lipinski definition) is 0. The highest BCUT2D eigenvalue weighted by molar-refractivity contribution is 5.70. The van der Waals surface area contributed by atoms with Crippen LogP contribution in [0.3, 0.4) is 0 Å². The van der Waals surface area contributed by atoms with Gasteiger partial charge in [-0.25, -0.2) is 0 Å². The van der Waals surface area contributed by atoms with E-state index >= 15 is 0 Å². The number of carbonyl (C=O) groups excluding carboxylic acids is 3. The van der Waals surface area contributed by atoms with E-state index in [0.29, 0.717) is 17.4 Å². The Morgan fingerprint density at radius 1 is 0.303 bits per heavy atom. The number of quaternary nitrogens is 1. The van der Waals surface area contributed by atoms with Gasteiger partial charge in [-0.1, -0.05) is 344 Å². The van der Waals surface area contributed by atoms with Crippen LogP contribution in [0.15, 0.2) is 182 Å². The zero-order valence-electron chi connectivity index (χ0n) is 64.0. The molecule has 9 nitrogen and oxygen atoms in total. The van der Waals surface area contributed by atoms with Crippen molar-refractivity contribution in [2.45, 2.75) is 322 Å². The first kappa shape index (κ1) is 93.4. The van der Waals surface area contributed by atoms with Crippen LogP contribution in [-0.4, -0.2) is 82.3 Å². The molecule has 0 aliphatic carbocycles. The van der Waals surface area contributed by atoms with E-state index in [2.05, 4.69) is 196 Å². The molecule has 0 aromatic heterocycles. The van der Waals surface area contributed by atoms with Gasteiger partial charge in [-0.3, -0.25) is 9.59 Å². The van der Waals surface area contributed by atoms with Gasteiger partial charge in [0, 0.05) is 12.8 Å². The van der Waals surface area contributed by atoms with Crippen LogP contribution in [0.25, 0.3) is 0 Å². The van der Waals surface area contributed by atoms with E-state index < -0.39 is 24.3 Å². The predicted molar refractivity (Wildman–Crippen MR) is 425 cm³/mol. The summed E-state index contributed by atoms with van der Waals surface area (Å²) in [5.74, 6) is -2.30. The average molecular weight is 1370 g/mol. The van der Waals surface area contributed by atoms with Gasteiger partial charge in [-0.05, 0) is 135 Å². The maximum atomic E-state index is 13.0. The highest BCUT2D eigenvalue weighted by Gasteiger charge is 2.22. The molecule has 0 radical (unpaired) electrons. The summed E-state index contributed by atoms with van der Waals surface area (Å²) >= 11 is 0. The zero-order chi connectivity index (χ0) is 71.8. The van der Waals surface area contributed by atoms with Crippen molar-refractivity contribution in [2.75, 3.05) is 47.5 Å². The number of allylic oxidation sites excluding steroid dienone is 30. The molecule has 9 heteroatoms. The van der Waals surface area contributed by atoms with Gasteiger partial charge in [0.15, 0.2) is 12.4 Å². The Kier molecular flexibility index (Phi) is 73.7. The second-order valence-electron chi connectivity index (χ2n) is 27.2. The number of carbonyl (C=O) groups is 3. The summed E-state index contributed by atoms with van der Waals surface area (Å²) in [6.07, 6.45) is 116. The molecule has 2 atom stereocenters. The SMILES string of the molecule is CC/C=C\C/C=C\C/C=C\C/C=C\C/C=C\C/C=C\C/C=C\C/C=C\C/C=C\CCCCCCCCCC(=O)OC(COC(=O)CCCCCCCCCCCCCCCCCCCCCC/C=C\C/C=C\C/C=C\C/C=C\C/C=C\C/C=C\CC)COC(OCC[N+](C)(C)C)C(=O)[O-]. The lowest BCUT2D eigenvalue weighted by atomic mass is 10.0. The van der Waals surface area contributed by atoms with E-state index in [-0.39, 0.29) is 38.6 Å². The molecule has 0 aliphatic heterocycles. The molecule has 99 heavy (non-hydrogen) atoms. The Morgan fingerprint density at radius 3 is 0.808 bits per heavy atom. The van der Waals surface area contributed by atoms with Crippen molar-refractivity contribution >= 4 is 17.9 Å². The largest absolute Gasteiger partial charge is 0.545 e. The number of carboxylic acids is 1. The van der Waals surface area contributed by atoms with Crippen LogP contribution in [0, 0.1) is 0 Å². The monoisotopic (exact) mass is 1370 g/mol. The van der Waals surface area contributed by atoms with E-state index in [1.807, 2.05) is 21.1 Å². The van der Waals surface area contributed by atoms with Crippen molar-refractivity contribution in [3.05, 3.63) is 182 Å². The molecule has 0 rings (SSSR count). The summed E-state index contributed by atoms with van der Waals surface area (Å²) < 4.78 is 22.8. The van der Waals surface area contributed by atoms with E-state index in [9.17, 15) is 19.5 Å². The maximum Gasteiger partial charge on any atom is 0.306 e. The first-order valence-electron chi connectivity index (χ1n) is 39.9. The Labute approximate surface area is 609 Å². The fraction of sp³-hybridized carbons (Fsp3) is 0.633. The van der Waals surface area contributed by atoms with Crippen LogP contribution in [0.4, 0.5) is 0 Å². The van der Waals surface area contributed by atoms with Crippen LogP contribution in [0.1, 0.15) is 309 Å². The van der Waals surface area contributed by atoms with Crippen LogP contribution in [0.5, 0.6) is 0 Å². The summed E-state index contributed by atoms with van der Waals surface area (Å²) in [4.78, 5) is 37.6. The molecule has 0 bridgehead atoms. The number of rotatable bonds is 72. The fourth-order valence-electron chi connectivity index (χ4n) is 10.7. The minimum atomic E-state index is -1.64. The molecule has 0 aromatic rings. The Morgan fingerprint density at radius 2 is 0.545 bits per heavy atom. The lowest BCUT2D eigenvalue weighted by molar-refractivity contribution is -0.870. The molecule has 560 valence electrons. The van der Waals surface area contributed by atoms with Gasteiger partial charge in [-0.2, -0.15) is 0 Å². The molecular weight excluding hydrogens is 1220 g/mol. The van der Waals surface area contributed by atoms with Crippen molar-refractivity contribution in [3.8, 4) is 0 Å². The molecule has 0 saturated carbocycles. The van der Waals surface area contributed by atoms with Gasteiger partial charge in [0.2, 0.25) is 0 Å². The van der Waals surface area contributed by atoms with Crippen molar-refractivity contribution in [2.24, 2.45) is 0 Å². The van der Waals surface area contributed by atoms with Gasteiger partial charge in [0.25, 0.3) is 0 Å². The number of aliphatic carboxylic acids is 1. The molecular formula is C90H147NO8. The highest BCUT2D eigenvalue weighted by Crippen LogP contribution is 2.17. The third kappa shape index (κ3) is 79.6. The van der Waals surface area contributed by atoms with Crippen LogP contribution in [0.2, 0.25) is 0 Å². The summed E-state index contributed by atoms with van der Waals surface area (Å²) in [7, 11) is 5.93. The standard InChI is InChI=1S/C90H147NO8/c1-6-8-10-12-14-16-18-20-22-24-26-28-30-32-34-36-38-40-42-43-44-45-47-48-50-52-54-56-58-60-62-64-66-68-70-72-74-76-78-80-87(92)97-84-86(85-98-90(89(94)95)96-83-82-91(3,4)5)99-88(93)81-79-77-75-73-71-69-67-65-63-61-59-57-55-53-51-49-46-41-39-37-35-33-31-29-27-25-23-21-19-17-15-13-11-9-7-2/h8-11,14-17,20-23,26-29,32-35,38-41,49,51,55,57,61,63,86,90H,6-7,12-13,18-19,24-25,30-31,36-37,42-48,50,52-54,56,58-60,62,64-85H2,1-5H3/b10-8-,11-9-,16-14-,17-15-,22-20-,23-21-,28-26-,29-27-,34-32-,35-33-,40-38-,41-39-,51-49-,57-55-,63-61-. The number of hydrogen-bond acceptors (Lipinski definition) is 8. The number of likely N-dealkylation sites (N-methyl/N-ethyl adjacent to an activating group) is 1. The van der Waals surface area contributed by atoms with Crippen molar-refractivity contribution in [1.29, 1.82) is 0 Å². The van der Waals surface area contributed by atoms with Gasteiger partial charge in [0.1, 0.15) is 13.2 Å². The number of unbranched alkanes of at least 4 members (excludes halogenated alkanes) is 27. The number of carboxylic acid groups (broad SMARTS) is 1. The fourth-order valence-corrected chi connectivity index (χ4v) is 10.7. The summed E-state index contributed by atoms with van der Waals surface area (Å²) in [6, 6.07) is 0. The van der Waals surface area contributed by atoms with Crippen LogP contribution < -0.4 is 5.11 Å². The first-order chi connectivity index (χ1) is 48.6. The van der Waals surface area contributed by atoms with Crippen molar-refractivity contribution in [3.63, 3.8) is 0 Å². The van der Waals surface area contributed by atoms with Crippen molar-refractivity contribution in [1.82, 2.24) is 0 Å². The maximum absolute atomic E-state index is 13.0. The first-order valence-corrected chi connectivity index (χ1v) is 39.9. The quantitative estimate of drug-likeness (QED) is 0.0195. The van der Waals surface area contributed by atoms with Gasteiger partial charge in [0.05, 0.1) is 40.3 Å². The van der Waals surface area contributed by atoms with Gasteiger partial charge in [-0.15, -0.1) is 0 Å². The topological polar surface area (TPSA) is 111 Å². The molecule has 0 amide bonds. The summed E-state index contributed by atoms with van der Waals surface area (Å²) in [5, 5.41) is 11.9. The summed E-state index contributed by atoms with van der Waals surface area (Å²) in [6.45, 7) is 4.51. The number of esters is 2. The number of nitrogens with zero attached hydrogens (tertiary/aromatic N) is 1. The minimum Gasteiger partial charge on any atom is -0.545 e. The zero-order valence-corrected chi connectivity index (χ0v) is 64.0. The van der Waals surface area contributed by atoms with Crippen LogP contribution >= 0.6 is 0 Å². The van der Waals surface area contributed by atoms with E-state index in [0.717, 1.165) is 141 Å². The Bertz CT molecular complexity index is 2290. The molecule has 0 N–H and O–H groups in total. The predicted octanol–water partition coefficient (Wildman–Crippen LogP) is 24.6. The molecule has 2 unspecified atom stereocenters. The molecule has 0 aliphatic rings. The summed E-state index contributed by atoms with van der Waals surface area (Å²) in [5.41, 5.74) is 0. The third-order valence-electron chi connectivity index (χ3n) is 16.6. The lowest BCUT2D eigenvalue weighted by Gasteiger charge is -2.26. The molecule has 0 saturated heterocycles. The second-order valence-corrected chi connectivity index (χ2v) is 27.2. The van der Waals surface area contributed by atoms with Gasteiger partial charge < -0.3 is 33.3 Å². The van der Waals surface area contributed by atoms with E-state index in [1.165, 1.54) is 135 Å². The second kappa shape index (κ2) is 78.1. The van der Waals surface area contributed by atoms with Crippen LogP contribution in [-0.2, 0) is 33.3 Å². The third-order valence-corrected chi connectivity index (χ3v) is 16.6. The molecule has 0 fully saturated rings. The molecule has 0 spiro atoms. The van der Waals surface area contributed by atoms with E-state index in [4.69, 9.17) is 18.9 Å². The molecule has 0 heterocycles. The van der Waals surface area contributed by atoms with E-state index in [1.54, 1.807) is 0 Å². The highest BCUT2D eigenvalue weighted by atomic mass is 16.7. The average Bonchev–Trinajstić information content (AvgIpc) is 1.16. The normalized spacial score (nSPS) is 13.7. The Balaban J connectivity index is 4.10. The lowest BCUT2D eigenvalue weighted by Crippen LogP contribution is -2.44. The molecule has 0 aromatic carbocycles.